The highest BCUT2D eigenvalue weighted by atomic mass is 19.1. The first kappa shape index (κ1) is 15.3. The maximum absolute atomic E-state index is 14.0. The standard InChI is InChI=1S/C16H23FN2O4/c17-16(2-3-16)15(21)19-4-1-11-9-12(23-13(11)10-19)14(20)18-5-7-22-8-6-18/h11-13H,1-10H2/t11-,12+,13-/m0/s1. The van der Waals surface area contributed by atoms with Gasteiger partial charge in [-0.25, -0.2) is 4.39 Å². The number of alkyl halides is 1. The molecule has 0 bridgehead atoms. The number of hydrogen-bond acceptors (Lipinski definition) is 4. The number of amides is 2. The minimum atomic E-state index is -1.62. The molecule has 128 valence electrons. The smallest absolute Gasteiger partial charge is 0.260 e. The minimum Gasteiger partial charge on any atom is -0.378 e. The van der Waals surface area contributed by atoms with E-state index < -0.39 is 11.8 Å². The van der Waals surface area contributed by atoms with E-state index in [1.165, 1.54) is 0 Å². The van der Waals surface area contributed by atoms with Crippen molar-refractivity contribution in [3.63, 3.8) is 0 Å². The van der Waals surface area contributed by atoms with Crippen LogP contribution in [0, 0.1) is 5.92 Å². The van der Waals surface area contributed by atoms with Gasteiger partial charge in [-0.3, -0.25) is 9.59 Å². The van der Waals surface area contributed by atoms with Crippen molar-refractivity contribution >= 4 is 11.8 Å². The number of halogens is 1. The molecule has 23 heavy (non-hydrogen) atoms. The largest absolute Gasteiger partial charge is 0.378 e. The fraction of sp³-hybridized carbons (Fsp3) is 0.875. The van der Waals surface area contributed by atoms with Crippen LogP contribution in [0.5, 0.6) is 0 Å². The molecule has 6 nitrogen and oxygen atoms in total. The fourth-order valence-electron chi connectivity index (χ4n) is 3.87. The minimum absolute atomic E-state index is 0.0322. The van der Waals surface area contributed by atoms with E-state index in [1.54, 1.807) is 9.80 Å². The molecule has 0 unspecified atom stereocenters. The number of carbonyl (C=O) groups excluding carboxylic acids is 2. The van der Waals surface area contributed by atoms with Gasteiger partial charge in [0.1, 0.15) is 6.10 Å². The predicted molar refractivity (Wildman–Crippen MR) is 78.4 cm³/mol. The van der Waals surface area contributed by atoms with Crippen LogP contribution < -0.4 is 0 Å². The second-order valence-electron chi connectivity index (χ2n) is 7.10. The molecular weight excluding hydrogens is 303 g/mol. The monoisotopic (exact) mass is 326 g/mol. The summed E-state index contributed by atoms with van der Waals surface area (Å²) >= 11 is 0. The van der Waals surface area contributed by atoms with Crippen molar-refractivity contribution in [1.82, 2.24) is 9.80 Å². The highest BCUT2D eigenvalue weighted by Crippen LogP contribution is 2.43. The van der Waals surface area contributed by atoms with E-state index in [-0.39, 0.29) is 17.9 Å². The summed E-state index contributed by atoms with van der Waals surface area (Å²) in [6.07, 6.45) is 1.64. The van der Waals surface area contributed by atoms with Gasteiger partial charge in [-0.15, -0.1) is 0 Å². The molecule has 7 heteroatoms. The van der Waals surface area contributed by atoms with Gasteiger partial charge in [-0.1, -0.05) is 0 Å². The maximum atomic E-state index is 14.0. The van der Waals surface area contributed by atoms with E-state index in [0.717, 1.165) is 6.42 Å². The predicted octanol–water partition coefficient (Wildman–Crippen LogP) is 0.353. The third-order valence-electron chi connectivity index (χ3n) is 5.51. The Balaban J connectivity index is 1.36. The van der Waals surface area contributed by atoms with Gasteiger partial charge in [0.15, 0.2) is 5.67 Å². The molecular formula is C16H23FN2O4. The number of carbonyl (C=O) groups is 2. The molecule has 0 aromatic carbocycles. The molecule has 0 N–H and O–H groups in total. The van der Waals surface area contributed by atoms with Crippen LogP contribution in [0.3, 0.4) is 0 Å². The summed E-state index contributed by atoms with van der Waals surface area (Å²) < 4.78 is 25.2. The molecule has 0 spiro atoms. The Bertz CT molecular complexity index is 504. The highest BCUT2D eigenvalue weighted by Gasteiger charge is 2.54. The van der Waals surface area contributed by atoms with Gasteiger partial charge in [0.05, 0.1) is 19.3 Å². The number of nitrogens with zero attached hydrogens (tertiary/aromatic N) is 2. The summed E-state index contributed by atoms with van der Waals surface area (Å²) in [6.45, 7) is 3.37. The lowest BCUT2D eigenvalue weighted by Gasteiger charge is -2.34. The molecule has 3 saturated heterocycles. The Labute approximate surface area is 134 Å². The van der Waals surface area contributed by atoms with Gasteiger partial charge in [0.25, 0.3) is 11.8 Å². The Morgan fingerprint density at radius 3 is 2.52 bits per heavy atom. The number of hydrogen-bond donors (Lipinski definition) is 0. The van der Waals surface area contributed by atoms with Crippen LogP contribution in [0.4, 0.5) is 4.39 Å². The van der Waals surface area contributed by atoms with Crippen LogP contribution in [-0.2, 0) is 19.1 Å². The zero-order chi connectivity index (χ0) is 16.0. The van der Waals surface area contributed by atoms with Crippen molar-refractivity contribution in [1.29, 1.82) is 0 Å². The molecule has 0 aromatic rings. The van der Waals surface area contributed by atoms with Crippen LogP contribution in [0.25, 0.3) is 0 Å². The zero-order valence-corrected chi connectivity index (χ0v) is 13.2. The fourth-order valence-corrected chi connectivity index (χ4v) is 3.87. The first-order chi connectivity index (χ1) is 11.1. The van der Waals surface area contributed by atoms with E-state index >= 15 is 0 Å². The molecule has 1 aliphatic carbocycles. The molecule has 3 atom stereocenters. The summed E-state index contributed by atoms with van der Waals surface area (Å²) in [5, 5.41) is 0. The number of likely N-dealkylation sites (tertiary alicyclic amines) is 1. The quantitative estimate of drug-likeness (QED) is 0.735. The van der Waals surface area contributed by atoms with Gasteiger partial charge in [-0.2, -0.15) is 0 Å². The van der Waals surface area contributed by atoms with Crippen LogP contribution in [0.2, 0.25) is 0 Å². The van der Waals surface area contributed by atoms with Gasteiger partial charge in [0, 0.05) is 26.2 Å². The van der Waals surface area contributed by atoms with Crippen LogP contribution in [0.1, 0.15) is 25.7 Å². The van der Waals surface area contributed by atoms with Gasteiger partial charge in [-0.05, 0) is 31.6 Å². The van der Waals surface area contributed by atoms with Crippen molar-refractivity contribution in [2.24, 2.45) is 5.92 Å². The van der Waals surface area contributed by atoms with E-state index in [0.29, 0.717) is 64.6 Å². The third kappa shape index (κ3) is 2.85. The second kappa shape index (κ2) is 5.70. The van der Waals surface area contributed by atoms with E-state index in [4.69, 9.17) is 9.47 Å². The number of fused-ring (bicyclic) bond motifs is 1. The van der Waals surface area contributed by atoms with E-state index in [9.17, 15) is 14.0 Å². The Morgan fingerprint density at radius 1 is 1.09 bits per heavy atom. The zero-order valence-electron chi connectivity index (χ0n) is 13.2. The normalized spacial score (nSPS) is 35.8. The summed E-state index contributed by atoms with van der Waals surface area (Å²) in [5.74, 6) is -0.0592. The molecule has 1 saturated carbocycles. The average Bonchev–Trinajstić information content (AvgIpc) is 3.20. The SMILES string of the molecule is O=C([C@H]1C[C@@H]2CCN(C(=O)C3(F)CC3)C[C@@H]2O1)N1CCOCC1. The molecule has 0 aromatic heterocycles. The van der Waals surface area contributed by atoms with Crippen molar-refractivity contribution in [3.05, 3.63) is 0 Å². The van der Waals surface area contributed by atoms with Gasteiger partial charge < -0.3 is 19.3 Å². The number of piperidine rings is 1. The van der Waals surface area contributed by atoms with Crippen LogP contribution in [0.15, 0.2) is 0 Å². The summed E-state index contributed by atoms with van der Waals surface area (Å²) in [6, 6.07) is 0. The van der Waals surface area contributed by atoms with Crippen LogP contribution in [-0.4, -0.2) is 78.9 Å². The Kier molecular flexibility index (Phi) is 3.80. The molecule has 3 heterocycles. The molecule has 3 aliphatic heterocycles. The third-order valence-corrected chi connectivity index (χ3v) is 5.51. The molecule has 2 amide bonds. The van der Waals surface area contributed by atoms with Crippen LogP contribution >= 0.6 is 0 Å². The van der Waals surface area contributed by atoms with E-state index in [1.807, 2.05) is 0 Å². The lowest BCUT2D eigenvalue weighted by Crippen LogP contribution is -2.49. The molecule has 4 rings (SSSR count). The van der Waals surface area contributed by atoms with Gasteiger partial charge in [0.2, 0.25) is 0 Å². The van der Waals surface area contributed by atoms with Crippen molar-refractivity contribution in [3.8, 4) is 0 Å². The summed E-state index contributed by atoms with van der Waals surface area (Å²) in [4.78, 5) is 28.1. The van der Waals surface area contributed by atoms with Crippen molar-refractivity contribution in [2.75, 3.05) is 39.4 Å². The lowest BCUT2D eigenvalue weighted by molar-refractivity contribution is -0.149. The molecule has 0 radical (unpaired) electrons. The van der Waals surface area contributed by atoms with Crippen molar-refractivity contribution < 1.29 is 23.5 Å². The second-order valence-corrected chi connectivity index (χ2v) is 7.10. The first-order valence-electron chi connectivity index (χ1n) is 8.57. The maximum Gasteiger partial charge on any atom is 0.260 e. The highest BCUT2D eigenvalue weighted by molar-refractivity contribution is 5.88. The average molecular weight is 326 g/mol. The topological polar surface area (TPSA) is 59.1 Å². The van der Waals surface area contributed by atoms with Gasteiger partial charge >= 0.3 is 0 Å². The summed E-state index contributed by atoms with van der Waals surface area (Å²) in [7, 11) is 0. The Hall–Kier alpha value is -1.21. The van der Waals surface area contributed by atoms with Crippen molar-refractivity contribution in [2.45, 2.75) is 43.6 Å². The number of morpholine rings is 1. The Morgan fingerprint density at radius 2 is 1.83 bits per heavy atom. The summed E-state index contributed by atoms with van der Waals surface area (Å²) in [5.41, 5.74) is -1.62. The molecule has 4 fully saturated rings. The number of ether oxygens (including phenoxy) is 2. The number of rotatable bonds is 2. The molecule has 4 aliphatic rings. The first-order valence-corrected chi connectivity index (χ1v) is 8.57. The lowest BCUT2D eigenvalue weighted by atomic mass is 9.91. The van der Waals surface area contributed by atoms with E-state index in [2.05, 4.69) is 0 Å².